The van der Waals surface area contributed by atoms with E-state index < -0.39 is 6.10 Å². The fourth-order valence-corrected chi connectivity index (χ4v) is 5.25. The molecular formula is C30H33NO5. The standard InChI is InChI=1S/C30H33NO5/c1-17-20(15-26(35-5)28(32)29(17)36-6)14-24-18(2)27(25-16-22(34-4)12-13-23(24)25)19(3)30(33)31-21-10-8-7-9-11-21/h7-17,19,27,29H,1-6H3,(H,31,33). The number of ketones is 1. The van der Waals surface area contributed by atoms with Gasteiger partial charge in [-0.3, -0.25) is 9.59 Å². The summed E-state index contributed by atoms with van der Waals surface area (Å²) in [4.78, 5) is 26.0. The summed E-state index contributed by atoms with van der Waals surface area (Å²) in [5.41, 5.74) is 5.94. The number of allylic oxidation sites excluding steroid dienone is 4. The van der Waals surface area contributed by atoms with Crippen LogP contribution in [0.15, 0.2) is 77.6 Å². The maximum Gasteiger partial charge on any atom is 0.228 e. The van der Waals surface area contributed by atoms with Crippen molar-refractivity contribution >= 4 is 23.0 Å². The monoisotopic (exact) mass is 487 g/mol. The first-order valence-electron chi connectivity index (χ1n) is 12.1. The molecule has 0 saturated carbocycles. The van der Waals surface area contributed by atoms with Gasteiger partial charge in [0.2, 0.25) is 11.7 Å². The third kappa shape index (κ3) is 4.61. The van der Waals surface area contributed by atoms with Crippen LogP contribution < -0.4 is 10.1 Å². The maximum absolute atomic E-state index is 13.3. The number of carbonyl (C=O) groups is 2. The highest BCUT2D eigenvalue weighted by Crippen LogP contribution is 2.48. The minimum Gasteiger partial charge on any atom is -0.497 e. The number of fused-ring (bicyclic) bond motifs is 1. The summed E-state index contributed by atoms with van der Waals surface area (Å²) < 4.78 is 16.4. The first kappa shape index (κ1) is 25.5. The number of para-hydroxylation sites is 1. The maximum atomic E-state index is 13.3. The molecule has 2 aliphatic carbocycles. The van der Waals surface area contributed by atoms with Crippen molar-refractivity contribution in [1.82, 2.24) is 0 Å². The second kappa shape index (κ2) is 10.5. The Hall–Kier alpha value is -3.64. The first-order chi connectivity index (χ1) is 17.3. The third-order valence-electron chi connectivity index (χ3n) is 7.29. The van der Waals surface area contributed by atoms with Crippen LogP contribution in [0.1, 0.15) is 37.8 Å². The Kier molecular flexibility index (Phi) is 7.45. The number of anilines is 1. The normalized spacial score (nSPS) is 23.3. The molecule has 0 heterocycles. The molecule has 1 N–H and O–H groups in total. The van der Waals surface area contributed by atoms with Gasteiger partial charge in [-0.15, -0.1) is 0 Å². The molecule has 0 saturated heterocycles. The van der Waals surface area contributed by atoms with Crippen LogP contribution in [-0.2, 0) is 19.1 Å². The van der Waals surface area contributed by atoms with Gasteiger partial charge >= 0.3 is 0 Å². The van der Waals surface area contributed by atoms with Gasteiger partial charge in [0.05, 0.1) is 14.2 Å². The Labute approximate surface area is 212 Å². The molecule has 36 heavy (non-hydrogen) atoms. The van der Waals surface area contributed by atoms with Crippen molar-refractivity contribution in [2.45, 2.75) is 32.8 Å². The summed E-state index contributed by atoms with van der Waals surface area (Å²) in [6.07, 6.45) is 3.29. The molecule has 1 amide bonds. The number of hydrogen-bond acceptors (Lipinski definition) is 5. The Morgan fingerprint density at radius 2 is 1.78 bits per heavy atom. The zero-order valence-electron chi connectivity index (χ0n) is 21.6. The topological polar surface area (TPSA) is 73.9 Å². The van der Waals surface area contributed by atoms with Crippen molar-refractivity contribution in [3.8, 4) is 5.75 Å². The molecule has 0 fully saturated rings. The molecule has 2 aliphatic rings. The fraction of sp³-hybridized carbons (Fsp3) is 0.333. The van der Waals surface area contributed by atoms with E-state index in [1.54, 1.807) is 20.3 Å². The first-order valence-corrected chi connectivity index (χ1v) is 12.1. The number of methoxy groups -OCH3 is 3. The van der Waals surface area contributed by atoms with Gasteiger partial charge < -0.3 is 19.5 Å². The van der Waals surface area contributed by atoms with Gasteiger partial charge in [-0.1, -0.05) is 49.8 Å². The van der Waals surface area contributed by atoms with Crippen molar-refractivity contribution in [3.63, 3.8) is 0 Å². The minimum absolute atomic E-state index is 0.0501. The molecule has 0 bridgehead atoms. The lowest BCUT2D eigenvalue weighted by molar-refractivity contribution is -0.130. The van der Waals surface area contributed by atoms with E-state index in [-0.39, 0.29) is 35.2 Å². The highest BCUT2D eigenvalue weighted by atomic mass is 16.5. The fourth-order valence-electron chi connectivity index (χ4n) is 5.25. The molecule has 6 nitrogen and oxygen atoms in total. The molecule has 2 aromatic rings. The van der Waals surface area contributed by atoms with Crippen LogP contribution >= 0.6 is 0 Å². The van der Waals surface area contributed by atoms with Gasteiger partial charge in [-0.2, -0.15) is 0 Å². The zero-order valence-corrected chi connectivity index (χ0v) is 21.6. The van der Waals surface area contributed by atoms with Crippen LogP contribution in [0.5, 0.6) is 5.75 Å². The van der Waals surface area contributed by atoms with Crippen molar-refractivity contribution in [2.24, 2.45) is 11.8 Å². The molecule has 0 radical (unpaired) electrons. The van der Waals surface area contributed by atoms with Crippen molar-refractivity contribution in [2.75, 3.05) is 26.6 Å². The van der Waals surface area contributed by atoms with Crippen molar-refractivity contribution in [1.29, 1.82) is 0 Å². The largest absolute Gasteiger partial charge is 0.497 e. The predicted molar refractivity (Wildman–Crippen MR) is 141 cm³/mol. The van der Waals surface area contributed by atoms with E-state index in [0.29, 0.717) is 0 Å². The van der Waals surface area contributed by atoms with E-state index in [2.05, 4.69) is 18.3 Å². The number of rotatable bonds is 7. The van der Waals surface area contributed by atoms with Gasteiger partial charge in [0.1, 0.15) is 11.9 Å². The molecule has 0 aliphatic heterocycles. The van der Waals surface area contributed by atoms with Gasteiger partial charge in [-0.25, -0.2) is 0 Å². The van der Waals surface area contributed by atoms with Gasteiger partial charge in [-0.05, 0) is 59.5 Å². The summed E-state index contributed by atoms with van der Waals surface area (Å²) >= 11 is 0. The molecular weight excluding hydrogens is 454 g/mol. The average Bonchev–Trinajstić information content (AvgIpc) is 3.16. The number of benzene rings is 2. The lowest BCUT2D eigenvalue weighted by Gasteiger charge is -2.28. The van der Waals surface area contributed by atoms with Crippen LogP contribution in [0, 0.1) is 11.8 Å². The Balaban J connectivity index is 1.78. The molecule has 0 spiro atoms. The Morgan fingerprint density at radius 3 is 2.42 bits per heavy atom. The Bertz CT molecular complexity index is 1260. The predicted octanol–water partition coefficient (Wildman–Crippen LogP) is 5.53. The second-order valence-electron chi connectivity index (χ2n) is 9.34. The van der Waals surface area contributed by atoms with E-state index >= 15 is 0 Å². The highest BCUT2D eigenvalue weighted by Gasteiger charge is 2.38. The van der Waals surface area contributed by atoms with E-state index in [1.165, 1.54) is 7.11 Å². The van der Waals surface area contributed by atoms with Gasteiger partial charge in [0.15, 0.2) is 5.76 Å². The lowest BCUT2D eigenvalue weighted by atomic mass is 9.83. The summed E-state index contributed by atoms with van der Waals surface area (Å²) in [6.45, 7) is 6.01. The van der Waals surface area contributed by atoms with Crippen LogP contribution in [0.25, 0.3) is 5.57 Å². The van der Waals surface area contributed by atoms with E-state index in [4.69, 9.17) is 14.2 Å². The van der Waals surface area contributed by atoms with Crippen LogP contribution in [0.2, 0.25) is 0 Å². The molecule has 188 valence electrons. The van der Waals surface area contributed by atoms with Gasteiger partial charge in [0.25, 0.3) is 0 Å². The van der Waals surface area contributed by atoms with Crippen molar-refractivity contribution < 1.29 is 23.8 Å². The number of carbonyl (C=O) groups excluding carboxylic acids is 2. The molecule has 6 heteroatoms. The quantitative estimate of drug-likeness (QED) is 0.556. The summed E-state index contributed by atoms with van der Waals surface area (Å²) in [7, 11) is 4.68. The molecule has 2 aromatic carbocycles. The summed E-state index contributed by atoms with van der Waals surface area (Å²) in [5.74, 6) is 0.214. The smallest absolute Gasteiger partial charge is 0.228 e. The zero-order chi connectivity index (χ0) is 26.0. The molecule has 0 aromatic heterocycles. The number of Topliss-reactive ketones (excluding diaryl/α,β-unsaturated/α-hetero) is 1. The lowest BCUT2D eigenvalue weighted by Crippen LogP contribution is -2.36. The van der Waals surface area contributed by atoms with Crippen LogP contribution in [-0.4, -0.2) is 39.1 Å². The molecule has 4 unspecified atom stereocenters. The van der Waals surface area contributed by atoms with Gasteiger partial charge in [0, 0.05) is 30.6 Å². The molecule has 4 atom stereocenters. The number of ether oxygens (including phenoxy) is 3. The number of hydrogen-bond donors (Lipinski definition) is 1. The number of amides is 1. The van der Waals surface area contributed by atoms with Crippen molar-refractivity contribution in [3.05, 3.63) is 88.7 Å². The average molecular weight is 488 g/mol. The highest BCUT2D eigenvalue weighted by molar-refractivity contribution is 6.00. The Morgan fingerprint density at radius 1 is 1.06 bits per heavy atom. The second-order valence-corrected chi connectivity index (χ2v) is 9.34. The van der Waals surface area contributed by atoms with Crippen LogP contribution in [0.3, 0.4) is 0 Å². The number of nitrogens with one attached hydrogen (secondary N) is 1. The minimum atomic E-state index is -0.611. The summed E-state index contributed by atoms with van der Waals surface area (Å²) in [6, 6.07) is 15.5. The van der Waals surface area contributed by atoms with Crippen LogP contribution in [0.4, 0.5) is 5.69 Å². The third-order valence-corrected chi connectivity index (χ3v) is 7.29. The van der Waals surface area contributed by atoms with E-state index in [9.17, 15) is 9.59 Å². The summed E-state index contributed by atoms with van der Waals surface area (Å²) in [5, 5.41) is 3.05. The van der Waals surface area contributed by atoms with E-state index in [0.717, 1.165) is 39.3 Å². The SMILES string of the molecule is COC1=CC(=CC2=C(C)C(C(C)C(=O)Nc3ccccc3)c3cc(OC)ccc32)C(C)C(OC)C1=O. The molecule has 4 rings (SSSR count). The van der Waals surface area contributed by atoms with E-state index in [1.807, 2.05) is 62.4 Å².